The van der Waals surface area contributed by atoms with Crippen LogP contribution in [0.25, 0.3) is 96.1 Å². The molecule has 11 rings (SSSR count). The number of fused-ring (bicyclic) bond motifs is 5. The normalized spacial score (nSPS) is 15.0. The molecule has 1 unspecified atom stereocenters. The molecule has 7 aromatic carbocycles. The molecule has 0 N–H and O–H groups in total. The van der Waals surface area contributed by atoms with Crippen LogP contribution in [-0.4, -0.2) is 19.1 Å². The van der Waals surface area contributed by atoms with E-state index in [9.17, 15) is 0 Å². The van der Waals surface area contributed by atoms with Gasteiger partial charge in [-0.2, -0.15) is 0 Å². The van der Waals surface area contributed by atoms with Gasteiger partial charge in [0.2, 0.25) is 0 Å². The van der Waals surface area contributed by atoms with Crippen LogP contribution in [0.15, 0.2) is 182 Å². The van der Waals surface area contributed by atoms with Crippen molar-refractivity contribution >= 4 is 50.8 Å². The summed E-state index contributed by atoms with van der Waals surface area (Å²) in [5, 5.41) is 7.38. The van der Waals surface area contributed by atoms with Gasteiger partial charge in [0.15, 0.2) is 5.82 Å². The third-order valence-electron chi connectivity index (χ3n) is 12.6. The average Bonchev–Trinajstić information content (AvgIpc) is 3.79. The van der Waals surface area contributed by atoms with Gasteiger partial charge < -0.3 is 9.13 Å². The van der Waals surface area contributed by atoms with E-state index in [-0.39, 0.29) is 5.41 Å². The Morgan fingerprint density at radius 3 is 1.97 bits per heavy atom. The average molecular weight is 785 g/mol. The van der Waals surface area contributed by atoms with E-state index >= 15 is 0 Å². The number of aromatic nitrogens is 4. The quantitative estimate of drug-likeness (QED) is 0.161. The number of benzene rings is 7. The molecule has 0 radical (unpaired) electrons. The zero-order valence-electron chi connectivity index (χ0n) is 34.5. The number of para-hydroxylation sites is 2. The van der Waals surface area contributed by atoms with Crippen LogP contribution >= 0.6 is 0 Å². The van der Waals surface area contributed by atoms with Gasteiger partial charge in [0, 0.05) is 65.8 Å². The summed E-state index contributed by atoms with van der Waals surface area (Å²) in [5.74, 6) is 0.711. The molecular weight excluding hydrogens is 741 g/mol. The van der Waals surface area contributed by atoms with Crippen molar-refractivity contribution < 1.29 is 0 Å². The SMILES string of the molecule is C/C=C\c1c(C)n(-c2ccccc2)c2c1=CC(C)(c1ccc3c(c1)c1ccccc1n3-c1ccc(-c3cc(-c4ccccc4)nc(-c4ccccc4)n3)c3ccccc13)CC=2. The van der Waals surface area contributed by atoms with Gasteiger partial charge in [0.1, 0.15) is 0 Å². The summed E-state index contributed by atoms with van der Waals surface area (Å²) in [4.78, 5) is 10.3. The number of nitrogens with zero attached hydrogens (tertiary/aromatic N) is 4. The highest BCUT2D eigenvalue weighted by molar-refractivity contribution is 6.12. The lowest BCUT2D eigenvalue weighted by Gasteiger charge is -2.28. The van der Waals surface area contributed by atoms with Crippen molar-refractivity contribution in [3.05, 3.63) is 209 Å². The maximum atomic E-state index is 5.23. The van der Waals surface area contributed by atoms with E-state index in [4.69, 9.17) is 9.97 Å². The van der Waals surface area contributed by atoms with E-state index in [1.165, 1.54) is 54.9 Å². The number of hydrogen-bond donors (Lipinski definition) is 0. The first-order valence-corrected chi connectivity index (χ1v) is 21.2. The molecule has 3 heterocycles. The molecule has 4 heteroatoms. The Kier molecular flexibility index (Phi) is 8.75. The minimum atomic E-state index is -0.195. The molecule has 3 aromatic heterocycles. The van der Waals surface area contributed by atoms with Gasteiger partial charge in [-0.05, 0) is 73.7 Å². The lowest BCUT2D eigenvalue weighted by atomic mass is 9.76. The Labute approximate surface area is 355 Å². The second-order valence-corrected chi connectivity index (χ2v) is 16.4. The van der Waals surface area contributed by atoms with Crippen LogP contribution < -0.4 is 10.6 Å². The van der Waals surface area contributed by atoms with Crippen molar-refractivity contribution in [2.45, 2.75) is 32.6 Å². The zero-order valence-corrected chi connectivity index (χ0v) is 34.5. The summed E-state index contributed by atoms with van der Waals surface area (Å²) < 4.78 is 4.87. The molecule has 0 fully saturated rings. The van der Waals surface area contributed by atoms with Crippen LogP contribution in [0.5, 0.6) is 0 Å². The van der Waals surface area contributed by atoms with Crippen molar-refractivity contribution in [2.24, 2.45) is 0 Å². The van der Waals surface area contributed by atoms with E-state index in [1.54, 1.807) is 0 Å². The molecule has 0 spiro atoms. The van der Waals surface area contributed by atoms with E-state index in [0.717, 1.165) is 51.0 Å². The number of allylic oxidation sites excluding steroid dienone is 1. The topological polar surface area (TPSA) is 35.6 Å². The highest BCUT2D eigenvalue weighted by Crippen LogP contribution is 2.41. The summed E-state index contributed by atoms with van der Waals surface area (Å²) in [6.07, 6.45) is 10.3. The molecule has 292 valence electrons. The van der Waals surface area contributed by atoms with Crippen LogP contribution in [0.2, 0.25) is 0 Å². The Morgan fingerprint density at radius 1 is 0.574 bits per heavy atom. The van der Waals surface area contributed by atoms with Crippen LogP contribution in [0, 0.1) is 6.92 Å². The minimum Gasteiger partial charge on any atom is -0.314 e. The van der Waals surface area contributed by atoms with Crippen LogP contribution in [0.1, 0.15) is 37.1 Å². The van der Waals surface area contributed by atoms with Crippen molar-refractivity contribution in [3.63, 3.8) is 0 Å². The molecule has 61 heavy (non-hydrogen) atoms. The second-order valence-electron chi connectivity index (χ2n) is 16.4. The largest absolute Gasteiger partial charge is 0.314 e. The Balaban J connectivity index is 1.07. The third-order valence-corrected chi connectivity index (χ3v) is 12.6. The summed E-state index contributed by atoms with van der Waals surface area (Å²) >= 11 is 0. The fraction of sp³-hybridized carbons (Fsp3) is 0.0877. The predicted molar refractivity (Wildman–Crippen MR) is 256 cm³/mol. The van der Waals surface area contributed by atoms with Crippen LogP contribution in [0.4, 0.5) is 0 Å². The third kappa shape index (κ3) is 6.05. The first-order valence-electron chi connectivity index (χ1n) is 21.2. The maximum absolute atomic E-state index is 5.23. The van der Waals surface area contributed by atoms with Gasteiger partial charge in [-0.3, -0.25) is 0 Å². The molecule has 0 aliphatic heterocycles. The van der Waals surface area contributed by atoms with Crippen LogP contribution in [0.3, 0.4) is 0 Å². The predicted octanol–water partition coefficient (Wildman–Crippen LogP) is 12.8. The summed E-state index contributed by atoms with van der Waals surface area (Å²) in [5.41, 5.74) is 13.3. The van der Waals surface area contributed by atoms with E-state index in [2.05, 4.69) is 206 Å². The summed E-state index contributed by atoms with van der Waals surface area (Å²) in [6.45, 7) is 6.75. The van der Waals surface area contributed by atoms with Gasteiger partial charge in [0.25, 0.3) is 0 Å². The van der Waals surface area contributed by atoms with Gasteiger partial charge in [0.05, 0.1) is 28.1 Å². The Bertz CT molecular complexity index is 3410. The monoisotopic (exact) mass is 784 g/mol. The molecular formula is C57H44N4. The molecule has 0 bridgehead atoms. The highest BCUT2D eigenvalue weighted by Gasteiger charge is 2.29. The molecule has 4 nitrogen and oxygen atoms in total. The van der Waals surface area contributed by atoms with Crippen molar-refractivity contribution in [1.29, 1.82) is 0 Å². The van der Waals surface area contributed by atoms with Gasteiger partial charge in [-0.1, -0.05) is 165 Å². The molecule has 10 aromatic rings. The maximum Gasteiger partial charge on any atom is 0.160 e. The fourth-order valence-corrected chi connectivity index (χ4v) is 9.63. The molecule has 0 amide bonds. The highest BCUT2D eigenvalue weighted by atomic mass is 15.0. The fourth-order valence-electron chi connectivity index (χ4n) is 9.63. The molecule has 1 atom stereocenters. The first kappa shape index (κ1) is 36.5. The van der Waals surface area contributed by atoms with Crippen molar-refractivity contribution in [1.82, 2.24) is 19.1 Å². The Morgan fingerprint density at radius 2 is 1.21 bits per heavy atom. The molecule has 0 saturated carbocycles. The standard InChI is InChI=1S/C57H44N4/c1-4-18-43-38(2)60(42-23-12-7-13-24-42)55-33-34-57(3,37-49(43)55)41-29-31-54-48(35-41)47-27-16-17-28-52(47)61(54)53-32-30-45(44-25-14-15-26-46(44)53)51-36-50(39-19-8-5-9-20-39)58-56(59-51)40-21-10-6-11-22-40/h4-33,35-37H,34H2,1-3H3/b18-4-. The minimum absolute atomic E-state index is 0.195. The lowest BCUT2D eigenvalue weighted by molar-refractivity contribution is 0.652. The summed E-state index contributed by atoms with van der Waals surface area (Å²) in [7, 11) is 0. The van der Waals surface area contributed by atoms with Crippen molar-refractivity contribution in [3.8, 4) is 45.3 Å². The van der Waals surface area contributed by atoms with E-state index in [1.807, 2.05) is 24.3 Å². The molecule has 1 aliphatic carbocycles. The zero-order chi connectivity index (χ0) is 41.1. The van der Waals surface area contributed by atoms with E-state index < -0.39 is 0 Å². The smallest absolute Gasteiger partial charge is 0.160 e. The number of hydrogen-bond acceptors (Lipinski definition) is 2. The molecule has 0 saturated heterocycles. The van der Waals surface area contributed by atoms with E-state index in [0.29, 0.717) is 5.82 Å². The van der Waals surface area contributed by atoms with Crippen molar-refractivity contribution in [2.75, 3.05) is 0 Å². The number of rotatable bonds is 7. The lowest BCUT2D eigenvalue weighted by Crippen LogP contribution is -2.37. The van der Waals surface area contributed by atoms with Crippen LogP contribution in [-0.2, 0) is 5.41 Å². The Hall–Kier alpha value is -7.56. The summed E-state index contributed by atoms with van der Waals surface area (Å²) in [6, 6.07) is 62.8. The van der Waals surface area contributed by atoms with Gasteiger partial charge in [-0.15, -0.1) is 0 Å². The van der Waals surface area contributed by atoms with Gasteiger partial charge >= 0.3 is 0 Å². The second kappa shape index (κ2) is 14.6. The molecule has 1 aliphatic rings. The first-order chi connectivity index (χ1) is 30.0. The van der Waals surface area contributed by atoms with Gasteiger partial charge in [-0.25, -0.2) is 9.97 Å².